The quantitative estimate of drug-likeness (QED) is 0.183. The molecule has 2 heterocycles. The Kier molecular flexibility index (Phi) is 7.43. The fraction of sp³-hybridized carbons (Fsp3) is 0.878. The first-order valence-corrected chi connectivity index (χ1v) is 18.8. The average Bonchev–Trinajstić information content (AvgIpc) is 3.21. The average molecular weight is 653 g/mol. The molecule has 7 rings (SSSR count). The van der Waals surface area contributed by atoms with E-state index in [1.54, 1.807) is 13.0 Å². The van der Waals surface area contributed by atoms with Crippen LogP contribution in [-0.4, -0.2) is 53.5 Å². The third kappa shape index (κ3) is 4.45. The zero-order chi connectivity index (χ0) is 34.4. The number of ether oxygens (including phenoxy) is 4. The summed E-state index contributed by atoms with van der Waals surface area (Å²) in [6.07, 6.45) is 11.7. The van der Waals surface area contributed by atoms with E-state index in [1.807, 2.05) is 20.8 Å². The Balaban J connectivity index is 1.30. The Morgan fingerprint density at radius 3 is 2.32 bits per heavy atom. The van der Waals surface area contributed by atoms with Crippen LogP contribution in [0.15, 0.2) is 23.3 Å². The van der Waals surface area contributed by atoms with Gasteiger partial charge in [0.1, 0.15) is 12.2 Å². The lowest BCUT2D eigenvalue weighted by Gasteiger charge is -2.73. The summed E-state index contributed by atoms with van der Waals surface area (Å²) in [4.78, 5) is 13.3. The van der Waals surface area contributed by atoms with E-state index in [-0.39, 0.29) is 44.6 Å². The van der Waals surface area contributed by atoms with Crippen LogP contribution < -0.4 is 0 Å². The van der Waals surface area contributed by atoms with E-state index in [1.165, 1.54) is 24.8 Å². The van der Waals surface area contributed by atoms with Crippen molar-refractivity contribution in [2.75, 3.05) is 6.61 Å². The number of aliphatic hydroxyl groups is 1. The number of fused-ring (bicyclic) bond motifs is 8. The van der Waals surface area contributed by atoms with Crippen molar-refractivity contribution in [3.05, 3.63) is 23.3 Å². The predicted octanol–water partition coefficient (Wildman–Crippen LogP) is 8.56. The van der Waals surface area contributed by atoms with Crippen LogP contribution in [0.25, 0.3) is 0 Å². The lowest BCUT2D eigenvalue weighted by molar-refractivity contribution is -0.381. The minimum Gasteiger partial charge on any atom is -0.456 e. The van der Waals surface area contributed by atoms with Gasteiger partial charge in [0.25, 0.3) is 0 Å². The highest BCUT2D eigenvalue weighted by molar-refractivity contribution is 5.87. The zero-order valence-electron chi connectivity index (χ0n) is 31.5. The van der Waals surface area contributed by atoms with Crippen LogP contribution in [-0.2, 0) is 23.7 Å². The molecule has 1 N–H and O–H groups in total. The van der Waals surface area contributed by atoms with E-state index >= 15 is 0 Å². The molecular weight excluding hydrogens is 588 g/mol. The number of allylic oxidation sites excluding steroid dienone is 3. The first kappa shape index (κ1) is 34.2. The number of hydrogen-bond acceptors (Lipinski definition) is 6. The number of carbonyl (C=O) groups is 1. The Hall–Kier alpha value is -1.21. The van der Waals surface area contributed by atoms with E-state index in [0.29, 0.717) is 36.5 Å². The van der Waals surface area contributed by atoms with Gasteiger partial charge in [0.05, 0.1) is 29.8 Å². The molecule has 2 saturated heterocycles. The van der Waals surface area contributed by atoms with Crippen LogP contribution in [0, 0.1) is 50.2 Å². The molecule has 0 aromatic heterocycles. The van der Waals surface area contributed by atoms with Gasteiger partial charge >= 0.3 is 5.97 Å². The van der Waals surface area contributed by atoms with Gasteiger partial charge in [0.15, 0.2) is 5.79 Å². The summed E-state index contributed by atoms with van der Waals surface area (Å²) in [7, 11) is 0. The van der Waals surface area contributed by atoms with E-state index in [9.17, 15) is 9.90 Å². The van der Waals surface area contributed by atoms with Gasteiger partial charge in [-0.1, -0.05) is 59.3 Å². The SMILES string of the molecule is C/C=C(/C)C(=O)O[C@H]1[C@@H]2OC(C)(C)OC[C@]23[C@H](O)C[C@]2(C)C(=CC[C@@H]4[C@@]5(C)CC[C@@H]6OC(C)(C)C[C@]6(C)[C@@H]5CC[C@]42C)[C@@H]3CC1(C)C. The second-order valence-electron chi connectivity index (χ2n) is 20.0. The van der Waals surface area contributed by atoms with Gasteiger partial charge in [-0.05, 0) is 132 Å². The van der Waals surface area contributed by atoms with Crippen LogP contribution in [0.3, 0.4) is 0 Å². The van der Waals surface area contributed by atoms with Crippen molar-refractivity contribution in [1.82, 2.24) is 0 Å². The first-order chi connectivity index (χ1) is 21.6. The summed E-state index contributed by atoms with van der Waals surface area (Å²) in [5, 5.41) is 12.7. The summed E-state index contributed by atoms with van der Waals surface area (Å²) < 4.78 is 26.4. The molecule has 5 aliphatic carbocycles. The maximum Gasteiger partial charge on any atom is 0.333 e. The molecule has 0 amide bonds. The minimum absolute atomic E-state index is 0.0560. The normalized spacial score (nSPS) is 52.4. The van der Waals surface area contributed by atoms with Gasteiger partial charge in [-0.25, -0.2) is 4.79 Å². The Bertz CT molecular complexity index is 1390. The molecule has 47 heavy (non-hydrogen) atoms. The van der Waals surface area contributed by atoms with Crippen molar-refractivity contribution in [2.45, 2.75) is 170 Å². The van der Waals surface area contributed by atoms with E-state index in [4.69, 9.17) is 18.9 Å². The monoisotopic (exact) mass is 652 g/mol. The van der Waals surface area contributed by atoms with Crippen LogP contribution in [0.5, 0.6) is 0 Å². The molecule has 6 heteroatoms. The molecule has 6 nitrogen and oxygen atoms in total. The molecule has 264 valence electrons. The van der Waals surface area contributed by atoms with E-state index in [0.717, 1.165) is 25.7 Å². The molecule has 0 unspecified atom stereocenters. The molecule has 0 aromatic rings. The van der Waals surface area contributed by atoms with Crippen molar-refractivity contribution in [3.8, 4) is 0 Å². The van der Waals surface area contributed by atoms with Gasteiger partial charge in [0, 0.05) is 11.0 Å². The molecule has 0 aromatic carbocycles. The molecule has 1 spiro atoms. The van der Waals surface area contributed by atoms with Crippen LogP contribution >= 0.6 is 0 Å². The molecule has 7 aliphatic rings. The van der Waals surface area contributed by atoms with Gasteiger partial charge in [-0.3, -0.25) is 0 Å². The summed E-state index contributed by atoms with van der Waals surface area (Å²) >= 11 is 0. The highest BCUT2D eigenvalue weighted by Crippen LogP contribution is 2.77. The molecule has 0 bridgehead atoms. The molecule has 6 fully saturated rings. The lowest BCUT2D eigenvalue weighted by Crippen LogP contribution is -2.75. The van der Waals surface area contributed by atoms with Crippen molar-refractivity contribution >= 4 is 5.97 Å². The highest BCUT2D eigenvalue weighted by Gasteiger charge is 2.75. The summed E-state index contributed by atoms with van der Waals surface area (Å²) in [6, 6.07) is 0. The highest BCUT2D eigenvalue weighted by atomic mass is 16.7. The summed E-state index contributed by atoms with van der Waals surface area (Å²) in [5.41, 5.74) is 1.34. The predicted molar refractivity (Wildman–Crippen MR) is 183 cm³/mol. The van der Waals surface area contributed by atoms with Crippen molar-refractivity contribution in [2.24, 2.45) is 50.2 Å². The Morgan fingerprint density at radius 1 is 0.936 bits per heavy atom. The summed E-state index contributed by atoms with van der Waals surface area (Å²) in [5.74, 6) is 0.119. The molecule has 4 saturated carbocycles. The second-order valence-corrected chi connectivity index (χ2v) is 20.0. The number of hydrogen-bond donors (Lipinski definition) is 1. The fourth-order valence-corrected chi connectivity index (χ4v) is 13.7. The minimum atomic E-state index is -0.840. The van der Waals surface area contributed by atoms with E-state index in [2.05, 4.69) is 61.5 Å². The van der Waals surface area contributed by atoms with Gasteiger partial charge in [-0.15, -0.1) is 0 Å². The van der Waals surface area contributed by atoms with Crippen molar-refractivity contribution in [1.29, 1.82) is 0 Å². The second kappa shape index (κ2) is 10.2. The van der Waals surface area contributed by atoms with Crippen LogP contribution in [0.1, 0.15) is 134 Å². The summed E-state index contributed by atoms with van der Waals surface area (Å²) in [6.45, 7) is 27.3. The maximum atomic E-state index is 13.3. The molecule has 2 aliphatic heterocycles. The molecular formula is C41H64O6. The largest absolute Gasteiger partial charge is 0.456 e. The Labute approximate surface area is 284 Å². The fourth-order valence-electron chi connectivity index (χ4n) is 13.7. The smallest absolute Gasteiger partial charge is 0.333 e. The standard InChI is InChI=1S/C41H64O6/c1-13-24(2)33(43)45-31-32-41(23-44-36(7,8)47-32)26(20-34(31,3)4)25-14-15-28-37(9)18-17-30-38(10,22-35(5,6)46-30)27(37)16-19-39(28,11)40(25,12)21-29(41)42/h13-14,26-32,42H,15-23H2,1-12H3/b24-13-/t26-,27+,28+,29+,30-,31-,32-,37-,38+,39+,40+,41-/m0/s1. The number of aliphatic hydroxyl groups excluding tert-OH is 1. The number of esters is 1. The third-order valence-electron chi connectivity index (χ3n) is 16.2. The molecule has 0 radical (unpaired) electrons. The maximum absolute atomic E-state index is 13.3. The van der Waals surface area contributed by atoms with Gasteiger partial charge < -0.3 is 24.1 Å². The van der Waals surface area contributed by atoms with Gasteiger partial charge in [0.2, 0.25) is 0 Å². The van der Waals surface area contributed by atoms with Gasteiger partial charge in [-0.2, -0.15) is 0 Å². The lowest BCUT2D eigenvalue weighted by atomic mass is 9.32. The van der Waals surface area contributed by atoms with Crippen molar-refractivity contribution in [3.63, 3.8) is 0 Å². The van der Waals surface area contributed by atoms with Crippen LogP contribution in [0.4, 0.5) is 0 Å². The van der Waals surface area contributed by atoms with Crippen LogP contribution in [0.2, 0.25) is 0 Å². The third-order valence-corrected chi connectivity index (χ3v) is 16.2. The van der Waals surface area contributed by atoms with E-state index < -0.39 is 29.5 Å². The number of carbonyl (C=O) groups excluding carboxylic acids is 1. The Morgan fingerprint density at radius 2 is 1.64 bits per heavy atom. The zero-order valence-corrected chi connectivity index (χ0v) is 31.5. The topological polar surface area (TPSA) is 74.2 Å². The number of rotatable bonds is 2. The van der Waals surface area contributed by atoms with Crippen molar-refractivity contribution < 1.29 is 28.8 Å². The first-order valence-electron chi connectivity index (χ1n) is 18.8. The molecule has 12 atom stereocenters.